The van der Waals surface area contributed by atoms with Crippen LogP contribution >= 0.6 is 0 Å². The van der Waals surface area contributed by atoms with Crippen LogP contribution in [0.1, 0.15) is 16.7 Å². The largest absolute Gasteiger partial charge is 0.493 e. The van der Waals surface area contributed by atoms with Gasteiger partial charge in [-0.15, -0.1) is 0 Å². The number of hydrogen-bond donors (Lipinski definition) is 1. The number of aryl methyl sites for hydroxylation is 1. The van der Waals surface area contributed by atoms with Crippen molar-refractivity contribution in [1.82, 2.24) is 4.57 Å². The van der Waals surface area contributed by atoms with E-state index in [4.69, 9.17) is 19.4 Å². The van der Waals surface area contributed by atoms with Gasteiger partial charge >= 0.3 is 0 Å². The van der Waals surface area contributed by atoms with E-state index < -0.39 is 0 Å². The molecule has 0 amide bonds. The van der Waals surface area contributed by atoms with Gasteiger partial charge in [-0.25, -0.2) is 0 Å². The quantitative estimate of drug-likeness (QED) is 0.308. The van der Waals surface area contributed by atoms with Crippen LogP contribution in [0.4, 0.5) is 0 Å². The summed E-state index contributed by atoms with van der Waals surface area (Å²) in [6.07, 6.45) is 7.32. The number of fused-ring (bicyclic) bond motifs is 1. The molecule has 1 heterocycles. The zero-order valence-corrected chi connectivity index (χ0v) is 15.8. The molecule has 0 aliphatic carbocycles. The molecule has 3 rings (SSSR count). The highest BCUT2D eigenvalue weighted by Gasteiger charge is 2.14. The van der Waals surface area contributed by atoms with E-state index in [1.54, 1.807) is 21.3 Å². The van der Waals surface area contributed by atoms with Gasteiger partial charge in [0, 0.05) is 35.3 Å². The first-order chi connectivity index (χ1) is 13.1. The lowest BCUT2D eigenvalue weighted by Gasteiger charge is -2.14. The van der Waals surface area contributed by atoms with Crippen LogP contribution in [-0.2, 0) is 7.05 Å². The summed E-state index contributed by atoms with van der Waals surface area (Å²) in [4.78, 5) is 0. The Morgan fingerprint density at radius 1 is 0.926 bits per heavy atom. The third kappa shape index (κ3) is 3.46. The second-order valence-corrected chi connectivity index (χ2v) is 5.97. The zero-order valence-electron chi connectivity index (χ0n) is 15.8. The summed E-state index contributed by atoms with van der Waals surface area (Å²) in [5.41, 5.74) is 3.80. The van der Waals surface area contributed by atoms with Crippen molar-refractivity contribution in [3.05, 3.63) is 53.2 Å². The fourth-order valence-corrected chi connectivity index (χ4v) is 3.15. The lowest BCUT2D eigenvalue weighted by molar-refractivity contribution is 0.322. The molecule has 0 unspecified atom stereocenters. The van der Waals surface area contributed by atoms with Crippen LogP contribution < -0.4 is 14.2 Å². The van der Waals surface area contributed by atoms with E-state index in [2.05, 4.69) is 11.2 Å². The van der Waals surface area contributed by atoms with E-state index in [0.29, 0.717) is 17.2 Å². The van der Waals surface area contributed by atoms with Crippen molar-refractivity contribution in [2.45, 2.75) is 0 Å². The Morgan fingerprint density at radius 2 is 1.70 bits per heavy atom. The summed E-state index contributed by atoms with van der Waals surface area (Å²) in [6.45, 7) is 0. The fourth-order valence-electron chi connectivity index (χ4n) is 3.15. The second kappa shape index (κ2) is 7.86. The highest BCUT2D eigenvalue weighted by molar-refractivity contribution is 6.00. The minimum atomic E-state index is 0.558. The molecular weight excluding hydrogens is 344 g/mol. The van der Waals surface area contributed by atoms with Crippen LogP contribution in [-0.4, -0.2) is 37.3 Å². The molecule has 1 N–H and O–H groups in total. The lowest BCUT2D eigenvalue weighted by atomic mass is 10.1. The number of aromatic nitrogens is 1. The molecule has 6 heteroatoms. The molecule has 0 saturated heterocycles. The molecule has 0 aliphatic rings. The summed E-state index contributed by atoms with van der Waals surface area (Å²) < 4.78 is 18.3. The van der Waals surface area contributed by atoms with Gasteiger partial charge in [-0.1, -0.05) is 23.4 Å². The van der Waals surface area contributed by atoms with Gasteiger partial charge in [0.2, 0.25) is 5.75 Å². The average molecular weight is 366 g/mol. The van der Waals surface area contributed by atoms with Gasteiger partial charge in [0.05, 0.1) is 27.5 Å². The Kier molecular flexibility index (Phi) is 5.35. The maximum atomic E-state index is 8.87. The molecule has 0 fully saturated rings. The Balaban J connectivity index is 2.02. The molecule has 0 saturated carbocycles. The molecule has 27 heavy (non-hydrogen) atoms. The predicted molar refractivity (Wildman–Crippen MR) is 107 cm³/mol. The van der Waals surface area contributed by atoms with Gasteiger partial charge in [0.1, 0.15) is 0 Å². The molecule has 0 aliphatic heterocycles. The van der Waals surface area contributed by atoms with Crippen LogP contribution in [0.25, 0.3) is 23.1 Å². The van der Waals surface area contributed by atoms with E-state index in [9.17, 15) is 0 Å². The smallest absolute Gasteiger partial charge is 0.203 e. The van der Waals surface area contributed by atoms with Crippen molar-refractivity contribution in [3.63, 3.8) is 0 Å². The zero-order chi connectivity index (χ0) is 19.4. The van der Waals surface area contributed by atoms with Gasteiger partial charge < -0.3 is 24.0 Å². The molecular formula is C21H22N2O4. The number of oxime groups is 1. The summed E-state index contributed by atoms with van der Waals surface area (Å²) in [5, 5.41) is 13.0. The van der Waals surface area contributed by atoms with Crippen LogP contribution in [0.2, 0.25) is 0 Å². The van der Waals surface area contributed by atoms with E-state index in [1.165, 1.54) is 6.21 Å². The van der Waals surface area contributed by atoms with Crippen molar-refractivity contribution in [3.8, 4) is 17.2 Å². The number of rotatable bonds is 6. The summed E-state index contributed by atoms with van der Waals surface area (Å²) in [7, 11) is 6.74. The highest BCUT2D eigenvalue weighted by atomic mass is 16.5. The van der Waals surface area contributed by atoms with Crippen LogP contribution in [0.5, 0.6) is 17.2 Å². The molecule has 6 nitrogen and oxygen atoms in total. The van der Waals surface area contributed by atoms with Gasteiger partial charge in [-0.2, -0.15) is 0 Å². The summed E-state index contributed by atoms with van der Waals surface area (Å²) in [6, 6.07) is 9.89. The Labute approximate surface area is 157 Å². The minimum absolute atomic E-state index is 0.558. The van der Waals surface area contributed by atoms with Gasteiger partial charge in [-0.3, -0.25) is 0 Å². The maximum Gasteiger partial charge on any atom is 0.203 e. The second-order valence-electron chi connectivity index (χ2n) is 5.97. The van der Waals surface area contributed by atoms with Crippen molar-refractivity contribution >= 4 is 29.3 Å². The Morgan fingerprint density at radius 3 is 2.37 bits per heavy atom. The normalized spacial score (nSPS) is 11.6. The van der Waals surface area contributed by atoms with Crippen molar-refractivity contribution in [2.24, 2.45) is 12.2 Å². The molecule has 1 aromatic heterocycles. The molecule has 3 aromatic rings. The summed E-state index contributed by atoms with van der Waals surface area (Å²) >= 11 is 0. The molecule has 0 radical (unpaired) electrons. The average Bonchev–Trinajstić information content (AvgIpc) is 3.00. The van der Waals surface area contributed by atoms with Crippen LogP contribution in [0.3, 0.4) is 0 Å². The van der Waals surface area contributed by atoms with Crippen LogP contribution in [0, 0.1) is 0 Å². The Hall–Kier alpha value is -3.41. The first kappa shape index (κ1) is 18.4. The first-order valence-corrected chi connectivity index (χ1v) is 8.36. The van der Waals surface area contributed by atoms with Gasteiger partial charge in [-0.05, 0) is 29.8 Å². The molecule has 2 aromatic carbocycles. The van der Waals surface area contributed by atoms with Crippen molar-refractivity contribution in [1.29, 1.82) is 0 Å². The molecule has 0 bridgehead atoms. The van der Waals surface area contributed by atoms with Gasteiger partial charge in [0.15, 0.2) is 11.5 Å². The van der Waals surface area contributed by atoms with E-state index >= 15 is 0 Å². The first-order valence-electron chi connectivity index (χ1n) is 8.36. The monoisotopic (exact) mass is 366 g/mol. The lowest BCUT2D eigenvalue weighted by Crippen LogP contribution is -1.96. The number of nitrogens with zero attached hydrogens (tertiary/aromatic N) is 2. The number of methoxy groups -OCH3 is 3. The van der Waals surface area contributed by atoms with E-state index in [0.717, 1.165) is 27.6 Å². The topological polar surface area (TPSA) is 65.2 Å². The molecule has 140 valence electrons. The predicted octanol–water partition coefficient (Wildman–Crippen LogP) is 4.18. The van der Waals surface area contributed by atoms with E-state index in [1.807, 2.05) is 54.2 Å². The fraction of sp³-hybridized carbons (Fsp3) is 0.190. The maximum absolute atomic E-state index is 8.87. The standard InChI is InChI=1S/C21H22N2O4/c1-23-13-16(12-22-24)17-11-14(6-9-18(17)23)5-7-15-8-10-19(25-2)21(27-4)20(15)26-3/h5-13,24H,1-4H3/b7-5-,22-12+. The molecule has 0 atom stereocenters. The van der Waals surface area contributed by atoms with Crippen molar-refractivity contribution < 1.29 is 19.4 Å². The summed E-state index contributed by atoms with van der Waals surface area (Å²) in [5.74, 6) is 1.79. The number of hydrogen-bond acceptors (Lipinski definition) is 5. The highest BCUT2D eigenvalue weighted by Crippen LogP contribution is 2.40. The van der Waals surface area contributed by atoms with E-state index in [-0.39, 0.29) is 0 Å². The number of benzene rings is 2. The van der Waals surface area contributed by atoms with Crippen LogP contribution in [0.15, 0.2) is 41.7 Å². The third-order valence-corrected chi connectivity index (χ3v) is 4.43. The minimum Gasteiger partial charge on any atom is -0.493 e. The van der Waals surface area contributed by atoms with Crippen molar-refractivity contribution in [2.75, 3.05) is 21.3 Å². The SMILES string of the molecule is COc1ccc(/C=C\c2ccc3c(c2)c(/C=N/O)cn3C)c(OC)c1OC. The Bertz CT molecular complexity index is 1020. The van der Waals surface area contributed by atoms with Gasteiger partial charge in [0.25, 0.3) is 0 Å². The third-order valence-electron chi connectivity index (χ3n) is 4.43. The number of ether oxygens (including phenoxy) is 3. The molecule has 0 spiro atoms.